The molecule has 0 radical (unpaired) electrons. The lowest BCUT2D eigenvalue weighted by molar-refractivity contribution is 0.406. The third-order valence-electron chi connectivity index (χ3n) is 4.36. The average molecular weight is 336 g/mol. The highest BCUT2D eigenvalue weighted by Crippen LogP contribution is 2.33. The topological polar surface area (TPSA) is 43.6 Å². The molecule has 0 N–H and O–H groups in total. The molecule has 0 fully saturated rings. The Bertz CT molecular complexity index is 900. The molecule has 3 rings (SSSR count). The number of fused-ring (bicyclic) bond motifs is 1. The van der Waals surface area contributed by atoms with Crippen LogP contribution >= 0.6 is 0 Å². The third kappa shape index (κ3) is 3.58. The minimum Gasteiger partial charge on any atom is -0.264 e. The summed E-state index contributed by atoms with van der Waals surface area (Å²) in [5, 5.41) is 5.98. The Morgan fingerprint density at radius 1 is 1.08 bits per heavy atom. The van der Waals surface area contributed by atoms with Crippen molar-refractivity contribution in [2.24, 2.45) is 5.41 Å². The third-order valence-corrected chi connectivity index (χ3v) is 4.36. The summed E-state index contributed by atoms with van der Waals surface area (Å²) in [4.78, 5) is 9.40. The maximum atomic E-state index is 4.99. The van der Waals surface area contributed by atoms with Crippen LogP contribution in [0.3, 0.4) is 0 Å². The normalized spacial score (nSPS) is 12.1. The van der Waals surface area contributed by atoms with Crippen molar-refractivity contribution in [3.8, 4) is 11.1 Å². The van der Waals surface area contributed by atoms with Crippen LogP contribution in [0.15, 0.2) is 24.5 Å². The lowest BCUT2D eigenvalue weighted by atomic mass is 9.89. The minimum absolute atomic E-state index is 0.188. The molecular weight excluding hydrogens is 308 g/mol. The second kappa shape index (κ2) is 6.58. The van der Waals surface area contributed by atoms with E-state index in [1.165, 1.54) is 16.5 Å². The molecule has 0 atom stereocenters. The molecule has 0 unspecified atom stereocenters. The molecule has 0 amide bonds. The van der Waals surface area contributed by atoms with E-state index in [4.69, 9.17) is 10.1 Å². The molecule has 0 aliphatic heterocycles. The Morgan fingerprint density at radius 2 is 1.84 bits per heavy atom. The van der Waals surface area contributed by atoms with Crippen LogP contribution in [0.25, 0.3) is 22.2 Å². The van der Waals surface area contributed by atoms with Gasteiger partial charge < -0.3 is 0 Å². The highest BCUT2D eigenvalue weighted by Gasteiger charge is 2.20. The van der Waals surface area contributed by atoms with Crippen LogP contribution in [0.5, 0.6) is 0 Å². The van der Waals surface area contributed by atoms with E-state index in [9.17, 15) is 0 Å². The van der Waals surface area contributed by atoms with Crippen LogP contribution in [0, 0.1) is 12.3 Å². The standard InChI is InChI=1S/C21H28N4/c1-7-18-19-17(15-9-14(3)12-22-13-15)10-16(11-21(4,5)6)23-20(19)25(8-2)24-18/h9-10,12-13H,7-8,11H2,1-6H3. The summed E-state index contributed by atoms with van der Waals surface area (Å²) in [6.45, 7) is 13.9. The Hall–Kier alpha value is -2.23. The Balaban J connectivity index is 2.33. The van der Waals surface area contributed by atoms with Crippen molar-refractivity contribution in [3.63, 3.8) is 0 Å². The van der Waals surface area contributed by atoms with E-state index in [0.717, 1.165) is 42.0 Å². The summed E-state index contributed by atoms with van der Waals surface area (Å²) in [5.74, 6) is 0. The maximum Gasteiger partial charge on any atom is 0.158 e. The number of rotatable bonds is 4. The first-order valence-electron chi connectivity index (χ1n) is 9.13. The molecule has 4 heteroatoms. The first-order valence-corrected chi connectivity index (χ1v) is 9.13. The second-order valence-electron chi connectivity index (χ2n) is 7.96. The van der Waals surface area contributed by atoms with E-state index < -0.39 is 0 Å². The second-order valence-corrected chi connectivity index (χ2v) is 7.96. The maximum absolute atomic E-state index is 4.99. The van der Waals surface area contributed by atoms with Gasteiger partial charge >= 0.3 is 0 Å². The average Bonchev–Trinajstić information content (AvgIpc) is 2.90. The zero-order chi connectivity index (χ0) is 18.2. The van der Waals surface area contributed by atoms with Crippen molar-refractivity contribution >= 4 is 11.0 Å². The van der Waals surface area contributed by atoms with Gasteiger partial charge in [-0.15, -0.1) is 0 Å². The van der Waals surface area contributed by atoms with Crippen LogP contribution in [0.4, 0.5) is 0 Å². The van der Waals surface area contributed by atoms with Crippen molar-refractivity contribution in [1.29, 1.82) is 0 Å². The Kier molecular flexibility index (Phi) is 4.63. The predicted molar refractivity (Wildman–Crippen MR) is 104 cm³/mol. The lowest BCUT2D eigenvalue weighted by Crippen LogP contribution is -2.11. The van der Waals surface area contributed by atoms with E-state index in [2.05, 4.69) is 58.7 Å². The van der Waals surface area contributed by atoms with Crippen molar-refractivity contribution in [2.45, 2.75) is 60.9 Å². The first-order chi connectivity index (χ1) is 11.8. The van der Waals surface area contributed by atoms with Gasteiger partial charge in [-0.05, 0) is 55.4 Å². The van der Waals surface area contributed by atoms with Gasteiger partial charge in [-0.3, -0.25) is 4.98 Å². The van der Waals surface area contributed by atoms with Crippen LogP contribution < -0.4 is 0 Å². The Morgan fingerprint density at radius 3 is 2.44 bits per heavy atom. The summed E-state index contributed by atoms with van der Waals surface area (Å²) in [6, 6.07) is 4.44. The van der Waals surface area contributed by atoms with E-state index >= 15 is 0 Å². The van der Waals surface area contributed by atoms with Crippen molar-refractivity contribution in [2.75, 3.05) is 0 Å². The molecule has 3 aromatic heterocycles. The van der Waals surface area contributed by atoms with Gasteiger partial charge in [0.25, 0.3) is 0 Å². The fraction of sp³-hybridized carbons (Fsp3) is 0.476. The number of aryl methyl sites for hydroxylation is 3. The largest absolute Gasteiger partial charge is 0.264 e. The molecule has 25 heavy (non-hydrogen) atoms. The van der Waals surface area contributed by atoms with Gasteiger partial charge in [0.05, 0.1) is 11.1 Å². The molecule has 3 heterocycles. The van der Waals surface area contributed by atoms with Crippen LogP contribution in [0.1, 0.15) is 51.6 Å². The SMILES string of the molecule is CCc1nn(CC)c2nc(CC(C)(C)C)cc(-c3cncc(C)c3)c12. The van der Waals surface area contributed by atoms with Gasteiger partial charge in [0.1, 0.15) is 0 Å². The zero-order valence-electron chi connectivity index (χ0n) is 16.2. The molecule has 3 aromatic rings. The fourth-order valence-corrected chi connectivity index (χ4v) is 3.33. The quantitative estimate of drug-likeness (QED) is 0.675. The molecule has 0 bridgehead atoms. The number of aromatic nitrogens is 4. The van der Waals surface area contributed by atoms with Crippen molar-refractivity contribution in [3.05, 3.63) is 41.5 Å². The monoisotopic (exact) mass is 336 g/mol. The van der Waals surface area contributed by atoms with E-state index in [1.54, 1.807) is 0 Å². The van der Waals surface area contributed by atoms with Crippen LogP contribution in [-0.4, -0.2) is 19.7 Å². The number of hydrogen-bond donors (Lipinski definition) is 0. The van der Waals surface area contributed by atoms with Gasteiger partial charge in [-0.2, -0.15) is 5.10 Å². The summed E-state index contributed by atoms with van der Waals surface area (Å²) in [7, 11) is 0. The predicted octanol–water partition coefficient (Wildman–Crippen LogP) is 4.97. The van der Waals surface area contributed by atoms with Crippen LogP contribution in [-0.2, 0) is 19.4 Å². The molecule has 0 saturated heterocycles. The number of pyridine rings is 2. The summed E-state index contributed by atoms with van der Waals surface area (Å²) in [5.41, 5.74) is 6.94. The highest BCUT2D eigenvalue weighted by molar-refractivity contribution is 5.95. The van der Waals surface area contributed by atoms with Gasteiger partial charge in [0.15, 0.2) is 5.65 Å². The minimum atomic E-state index is 0.188. The smallest absolute Gasteiger partial charge is 0.158 e. The zero-order valence-corrected chi connectivity index (χ0v) is 16.2. The van der Waals surface area contributed by atoms with E-state index in [-0.39, 0.29) is 5.41 Å². The van der Waals surface area contributed by atoms with Gasteiger partial charge in [-0.25, -0.2) is 9.67 Å². The molecule has 0 aromatic carbocycles. The summed E-state index contributed by atoms with van der Waals surface area (Å²) < 4.78 is 2.03. The summed E-state index contributed by atoms with van der Waals surface area (Å²) >= 11 is 0. The van der Waals surface area contributed by atoms with Gasteiger partial charge in [0, 0.05) is 30.2 Å². The van der Waals surface area contributed by atoms with Crippen molar-refractivity contribution < 1.29 is 0 Å². The number of hydrogen-bond acceptors (Lipinski definition) is 3. The first kappa shape index (κ1) is 17.6. The fourth-order valence-electron chi connectivity index (χ4n) is 3.33. The highest BCUT2D eigenvalue weighted by atomic mass is 15.3. The van der Waals surface area contributed by atoms with Gasteiger partial charge in [-0.1, -0.05) is 27.7 Å². The molecule has 0 spiro atoms. The van der Waals surface area contributed by atoms with Gasteiger partial charge in [0.2, 0.25) is 0 Å². The van der Waals surface area contributed by atoms with Crippen molar-refractivity contribution in [1.82, 2.24) is 19.7 Å². The van der Waals surface area contributed by atoms with E-state index in [0.29, 0.717) is 0 Å². The number of nitrogens with zero attached hydrogens (tertiary/aromatic N) is 4. The molecular formula is C21H28N4. The molecule has 0 aliphatic carbocycles. The van der Waals surface area contributed by atoms with E-state index in [1.807, 2.05) is 17.1 Å². The summed E-state index contributed by atoms with van der Waals surface area (Å²) in [6.07, 6.45) is 5.68. The lowest BCUT2D eigenvalue weighted by Gasteiger charge is -2.18. The molecule has 132 valence electrons. The Labute approximate surface area is 150 Å². The molecule has 0 aliphatic rings. The molecule has 0 saturated carbocycles. The van der Waals surface area contributed by atoms with Crippen LogP contribution in [0.2, 0.25) is 0 Å². The molecule has 4 nitrogen and oxygen atoms in total.